The molecule has 0 aliphatic rings. The van der Waals surface area contributed by atoms with Gasteiger partial charge >= 0.3 is 0 Å². The van der Waals surface area contributed by atoms with Crippen LogP contribution in [0.5, 0.6) is 5.75 Å². The Labute approximate surface area is 202 Å². The first kappa shape index (κ1) is 22.1. The van der Waals surface area contributed by atoms with E-state index < -0.39 is 0 Å². The van der Waals surface area contributed by atoms with Crippen LogP contribution in [0.3, 0.4) is 0 Å². The van der Waals surface area contributed by atoms with Crippen molar-refractivity contribution in [2.24, 2.45) is 0 Å². The Morgan fingerprint density at radius 2 is 1.91 bits per heavy atom. The fourth-order valence-electron chi connectivity index (χ4n) is 3.62. The highest BCUT2D eigenvalue weighted by molar-refractivity contribution is 7.99. The molecular weight excluding hydrogens is 470 g/mol. The van der Waals surface area contributed by atoms with Crippen molar-refractivity contribution >= 4 is 57.0 Å². The van der Waals surface area contributed by atoms with Crippen molar-refractivity contribution in [3.05, 3.63) is 76.6 Å². The maximum Gasteiger partial charge on any atom is 0.266 e. The Morgan fingerprint density at radius 3 is 2.76 bits per heavy atom. The van der Waals surface area contributed by atoms with Crippen LogP contribution in [0.2, 0.25) is 0 Å². The van der Waals surface area contributed by atoms with E-state index >= 15 is 0 Å². The highest BCUT2D eigenvalue weighted by atomic mass is 32.2. The fourth-order valence-corrected chi connectivity index (χ4v) is 4.98. The number of carbonyl (C=O) groups excluding carboxylic acids is 1. The Bertz CT molecular complexity index is 1600. The summed E-state index contributed by atoms with van der Waals surface area (Å²) in [6.07, 6.45) is 0. The number of rotatable bonds is 6. The summed E-state index contributed by atoms with van der Waals surface area (Å²) in [5.74, 6) is 0.349. The summed E-state index contributed by atoms with van der Waals surface area (Å²) in [4.78, 5) is 31.0. The van der Waals surface area contributed by atoms with Gasteiger partial charge in [-0.05, 0) is 48.9 Å². The van der Waals surface area contributed by atoms with E-state index in [2.05, 4.69) is 14.1 Å². The van der Waals surface area contributed by atoms with Gasteiger partial charge in [0.05, 0.1) is 46.9 Å². The number of aryl methyl sites for hydroxylation is 1. The lowest BCUT2D eigenvalue weighted by Crippen LogP contribution is -2.23. The first-order chi connectivity index (χ1) is 16.5. The lowest BCUT2D eigenvalue weighted by atomic mass is 10.2. The topological polar surface area (TPSA) is 99.0 Å². The standard InChI is InChI=1S/C24H19N5O3S2/c1-14-10-11-20(32-2)19(12-14)29-23(31)15-6-3-4-7-16(15)26-24(29)33-13-21(30)25-17-8-5-9-18-22(17)28-34-27-18/h3-12H,13H2,1-2H3,(H,25,30). The quantitative estimate of drug-likeness (QED) is 0.278. The second-order valence-electron chi connectivity index (χ2n) is 7.50. The molecule has 2 heterocycles. The molecule has 0 radical (unpaired) electrons. The molecule has 34 heavy (non-hydrogen) atoms. The second-order valence-corrected chi connectivity index (χ2v) is 8.97. The zero-order chi connectivity index (χ0) is 23.7. The molecule has 8 nitrogen and oxygen atoms in total. The van der Waals surface area contributed by atoms with Crippen LogP contribution in [-0.2, 0) is 4.79 Å². The molecule has 0 aliphatic carbocycles. The molecule has 0 bridgehead atoms. The molecule has 0 saturated heterocycles. The Kier molecular flexibility index (Phi) is 5.99. The SMILES string of the molecule is COc1ccc(C)cc1-n1c(SCC(=O)Nc2cccc3nsnc23)nc2ccccc2c1=O. The van der Waals surface area contributed by atoms with Gasteiger partial charge in [0.25, 0.3) is 5.56 Å². The van der Waals surface area contributed by atoms with Gasteiger partial charge in [-0.25, -0.2) is 4.98 Å². The normalized spacial score (nSPS) is 11.1. The molecule has 1 N–H and O–H groups in total. The summed E-state index contributed by atoms with van der Waals surface area (Å²) >= 11 is 2.28. The van der Waals surface area contributed by atoms with Crippen molar-refractivity contribution in [3.8, 4) is 11.4 Å². The molecule has 0 aliphatic heterocycles. The number of ether oxygens (including phenoxy) is 1. The van der Waals surface area contributed by atoms with Crippen LogP contribution in [-0.4, -0.2) is 37.1 Å². The number of nitrogens with zero attached hydrogens (tertiary/aromatic N) is 4. The summed E-state index contributed by atoms with van der Waals surface area (Å²) in [5, 5.41) is 3.78. The summed E-state index contributed by atoms with van der Waals surface area (Å²) in [6, 6.07) is 18.2. The van der Waals surface area contributed by atoms with E-state index in [1.807, 2.05) is 43.3 Å². The molecule has 5 aromatic rings. The van der Waals surface area contributed by atoms with Crippen LogP contribution in [0.25, 0.3) is 27.6 Å². The van der Waals surface area contributed by atoms with Crippen molar-refractivity contribution in [3.63, 3.8) is 0 Å². The van der Waals surface area contributed by atoms with Crippen molar-refractivity contribution in [1.82, 2.24) is 18.3 Å². The second kappa shape index (κ2) is 9.24. The molecule has 0 unspecified atom stereocenters. The first-order valence-electron chi connectivity index (χ1n) is 10.4. The van der Waals surface area contributed by atoms with E-state index in [1.54, 1.807) is 31.4 Å². The van der Waals surface area contributed by atoms with Crippen LogP contribution >= 0.6 is 23.5 Å². The number of amides is 1. The molecule has 0 fully saturated rings. The minimum atomic E-state index is -0.240. The van der Waals surface area contributed by atoms with Crippen LogP contribution < -0.4 is 15.6 Å². The largest absolute Gasteiger partial charge is 0.495 e. The summed E-state index contributed by atoms with van der Waals surface area (Å²) in [7, 11) is 1.56. The number of nitrogens with one attached hydrogen (secondary N) is 1. The Balaban J connectivity index is 1.52. The Hall–Kier alpha value is -3.76. The molecule has 0 saturated carbocycles. The molecule has 0 atom stereocenters. The number of benzene rings is 3. The van der Waals surface area contributed by atoms with Crippen LogP contribution in [0.15, 0.2) is 70.6 Å². The fraction of sp³-hybridized carbons (Fsp3) is 0.125. The lowest BCUT2D eigenvalue weighted by molar-refractivity contribution is -0.113. The van der Waals surface area contributed by atoms with Gasteiger partial charge in [-0.15, -0.1) is 0 Å². The molecular formula is C24H19N5O3S2. The number of fused-ring (bicyclic) bond motifs is 2. The monoisotopic (exact) mass is 489 g/mol. The molecule has 0 spiro atoms. The smallest absolute Gasteiger partial charge is 0.266 e. The van der Waals surface area contributed by atoms with Gasteiger partial charge in [-0.1, -0.05) is 36.0 Å². The van der Waals surface area contributed by atoms with Crippen LogP contribution in [0, 0.1) is 6.92 Å². The lowest BCUT2D eigenvalue weighted by Gasteiger charge is -2.16. The predicted molar refractivity (Wildman–Crippen MR) is 135 cm³/mol. The number of hydrogen-bond donors (Lipinski definition) is 1. The van der Waals surface area contributed by atoms with E-state index in [0.717, 1.165) is 22.8 Å². The van der Waals surface area contributed by atoms with E-state index in [9.17, 15) is 9.59 Å². The van der Waals surface area contributed by atoms with E-state index in [-0.39, 0.29) is 17.2 Å². The third-order valence-electron chi connectivity index (χ3n) is 5.21. The first-order valence-corrected chi connectivity index (χ1v) is 12.1. The highest BCUT2D eigenvalue weighted by Crippen LogP contribution is 2.28. The molecule has 5 rings (SSSR count). The zero-order valence-electron chi connectivity index (χ0n) is 18.3. The van der Waals surface area contributed by atoms with Crippen molar-refractivity contribution in [2.75, 3.05) is 18.2 Å². The number of carbonyl (C=O) groups is 1. The van der Waals surface area contributed by atoms with Crippen LogP contribution in [0.1, 0.15) is 5.56 Å². The van der Waals surface area contributed by atoms with Crippen molar-refractivity contribution in [2.45, 2.75) is 12.1 Å². The number of aromatic nitrogens is 4. The van der Waals surface area contributed by atoms with Gasteiger partial charge in [0, 0.05) is 0 Å². The third-order valence-corrected chi connectivity index (χ3v) is 6.69. The van der Waals surface area contributed by atoms with Gasteiger partial charge in [-0.2, -0.15) is 8.75 Å². The van der Waals surface area contributed by atoms with Crippen LogP contribution in [0.4, 0.5) is 5.69 Å². The molecule has 3 aromatic carbocycles. The summed E-state index contributed by atoms with van der Waals surface area (Å²) in [6.45, 7) is 1.94. The molecule has 170 valence electrons. The zero-order valence-corrected chi connectivity index (χ0v) is 19.9. The Morgan fingerprint density at radius 1 is 1.09 bits per heavy atom. The predicted octanol–water partition coefficient (Wildman–Crippen LogP) is 4.44. The maximum atomic E-state index is 13.5. The number of thioether (sulfide) groups is 1. The number of anilines is 1. The minimum absolute atomic E-state index is 0.0485. The van der Waals surface area contributed by atoms with E-state index in [0.29, 0.717) is 38.7 Å². The average molecular weight is 490 g/mol. The molecule has 2 aromatic heterocycles. The van der Waals surface area contributed by atoms with E-state index in [4.69, 9.17) is 9.72 Å². The summed E-state index contributed by atoms with van der Waals surface area (Å²) in [5.41, 5.74) is 3.86. The van der Waals surface area contributed by atoms with Crippen molar-refractivity contribution < 1.29 is 9.53 Å². The van der Waals surface area contributed by atoms with Gasteiger partial charge in [0.15, 0.2) is 5.16 Å². The minimum Gasteiger partial charge on any atom is -0.495 e. The number of hydrogen-bond acceptors (Lipinski definition) is 8. The number of para-hydroxylation sites is 1. The third kappa shape index (κ3) is 4.13. The molecule has 1 amide bonds. The molecule has 10 heteroatoms. The van der Waals surface area contributed by atoms with E-state index in [1.165, 1.54) is 16.3 Å². The maximum absolute atomic E-state index is 13.5. The highest BCUT2D eigenvalue weighted by Gasteiger charge is 2.18. The van der Waals surface area contributed by atoms with Gasteiger partial charge in [0.2, 0.25) is 5.91 Å². The van der Waals surface area contributed by atoms with Gasteiger partial charge < -0.3 is 10.1 Å². The van der Waals surface area contributed by atoms with Crippen molar-refractivity contribution in [1.29, 1.82) is 0 Å². The summed E-state index contributed by atoms with van der Waals surface area (Å²) < 4.78 is 15.5. The average Bonchev–Trinajstić information content (AvgIpc) is 3.33. The van der Waals surface area contributed by atoms with Gasteiger partial charge in [-0.3, -0.25) is 14.2 Å². The van der Waals surface area contributed by atoms with Gasteiger partial charge in [0.1, 0.15) is 16.8 Å². The number of methoxy groups -OCH3 is 1.